The summed E-state index contributed by atoms with van der Waals surface area (Å²) in [6.45, 7) is 0. The summed E-state index contributed by atoms with van der Waals surface area (Å²) in [6.07, 6.45) is 1.41. The smallest absolute Gasteiger partial charge is 0.313 e. The molecule has 5 nitrogen and oxygen atoms in total. The number of nitrogens with one attached hydrogen (secondary N) is 1. The van der Waals surface area contributed by atoms with Crippen LogP contribution in [0.25, 0.3) is 0 Å². The molecule has 1 aromatic heterocycles. The molecule has 11 heavy (non-hydrogen) atoms. The van der Waals surface area contributed by atoms with Crippen LogP contribution in [0.5, 0.6) is 0 Å². The summed E-state index contributed by atoms with van der Waals surface area (Å²) in [5.41, 5.74) is 0. The number of nitrogens with zero attached hydrogens (tertiary/aromatic N) is 2. The van der Waals surface area contributed by atoms with Crippen LogP contribution >= 0.6 is 11.8 Å². The summed E-state index contributed by atoms with van der Waals surface area (Å²) in [4.78, 5) is 13.7. The molecular weight excluding hydrogens is 262 g/mol. The van der Waals surface area contributed by atoms with E-state index in [0.717, 1.165) is 11.8 Å². The minimum Gasteiger partial charge on any atom is -0.481 e. The SMILES string of the molecule is O=C(O)CSc1nc[nH]n1.[Ag]. The number of carbonyl (C=O) groups is 1. The molecule has 1 aromatic rings. The van der Waals surface area contributed by atoms with Crippen molar-refractivity contribution in [3.05, 3.63) is 6.33 Å². The van der Waals surface area contributed by atoms with E-state index in [1.54, 1.807) is 0 Å². The van der Waals surface area contributed by atoms with E-state index in [-0.39, 0.29) is 28.1 Å². The number of thioether (sulfide) groups is 1. The van der Waals surface area contributed by atoms with E-state index in [1.807, 2.05) is 0 Å². The Morgan fingerprint density at radius 2 is 2.55 bits per heavy atom. The van der Waals surface area contributed by atoms with Gasteiger partial charge in [0.2, 0.25) is 5.16 Å². The fourth-order valence-corrected chi connectivity index (χ4v) is 0.890. The van der Waals surface area contributed by atoms with Gasteiger partial charge in [0.25, 0.3) is 0 Å². The van der Waals surface area contributed by atoms with Gasteiger partial charge in [-0.1, -0.05) is 11.8 Å². The van der Waals surface area contributed by atoms with Crippen LogP contribution in [0.4, 0.5) is 0 Å². The van der Waals surface area contributed by atoms with E-state index in [2.05, 4.69) is 15.2 Å². The fraction of sp³-hybridized carbons (Fsp3) is 0.250. The Morgan fingerprint density at radius 3 is 3.00 bits per heavy atom. The molecule has 0 aliphatic carbocycles. The molecule has 0 spiro atoms. The second-order valence-electron chi connectivity index (χ2n) is 1.46. The largest absolute Gasteiger partial charge is 0.481 e. The molecule has 0 atom stereocenters. The van der Waals surface area contributed by atoms with E-state index < -0.39 is 5.97 Å². The molecular formula is C4H5AgN3O2S. The number of carboxylic acid groups (broad SMARTS) is 1. The topological polar surface area (TPSA) is 78.9 Å². The van der Waals surface area contributed by atoms with Crippen LogP contribution in [0.2, 0.25) is 0 Å². The maximum Gasteiger partial charge on any atom is 0.313 e. The third-order valence-corrected chi connectivity index (χ3v) is 1.56. The van der Waals surface area contributed by atoms with Crippen LogP contribution in [0, 0.1) is 0 Å². The van der Waals surface area contributed by atoms with Gasteiger partial charge in [-0.15, -0.1) is 5.10 Å². The molecule has 65 valence electrons. The van der Waals surface area contributed by atoms with Crippen molar-refractivity contribution in [2.75, 3.05) is 5.75 Å². The summed E-state index contributed by atoms with van der Waals surface area (Å²) < 4.78 is 0. The molecule has 0 aliphatic rings. The van der Waals surface area contributed by atoms with Crippen LogP contribution in [-0.2, 0) is 27.2 Å². The van der Waals surface area contributed by atoms with Crippen molar-refractivity contribution in [2.24, 2.45) is 0 Å². The van der Waals surface area contributed by atoms with Crippen molar-refractivity contribution < 1.29 is 32.3 Å². The molecule has 0 saturated carbocycles. The minimum absolute atomic E-state index is 0. The maximum absolute atomic E-state index is 10.0. The predicted molar refractivity (Wildman–Crippen MR) is 34.7 cm³/mol. The van der Waals surface area contributed by atoms with Gasteiger partial charge in [0.05, 0.1) is 5.75 Å². The van der Waals surface area contributed by atoms with Gasteiger partial charge in [0.1, 0.15) is 6.33 Å². The number of rotatable bonds is 3. The Bertz CT molecular complexity index is 215. The maximum atomic E-state index is 10.0. The monoisotopic (exact) mass is 266 g/mol. The van der Waals surface area contributed by atoms with Crippen LogP contribution in [0.3, 0.4) is 0 Å². The average Bonchev–Trinajstić information content (AvgIpc) is 2.34. The van der Waals surface area contributed by atoms with Crippen molar-refractivity contribution >= 4 is 17.7 Å². The molecule has 0 fully saturated rings. The number of aromatic amines is 1. The normalized spacial score (nSPS) is 8.73. The van der Waals surface area contributed by atoms with Gasteiger partial charge in [-0.05, 0) is 0 Å². The van der Waals surface area contributed by atoms with Crippen molar-refractivity contribution in [1.29, 1.82) is 0 Å². The van der Waals surface area contributed by atoms with E-state index >= 15 is 0 Å². The molecule has 1 radical (unpaired) electrons. The van der Waals surface area contributed by atoms with Crippen molar-refractivity contribution in [3.63, 3.8) is 0 Å². The zero-order valence-electron chi connectivity index (χ0n) is 5.24. The molecule has 2 N–H and O–H groups in total. The Kier molecular flexibility index (Phi) is 5.22. The van der Waals surface area contributed by atoms with E-state index in [9.17, 15) is 4.79 Å². The standard InChI is InChI=1S/C4H5N3O2S.Ag/c8-3(9)1-10-4-5-2-6-7-4;/h2H,1H2,(H,8,9)(H,5,6,7);. The first-order valence-corrected chi connectivity index (χ1v) is 3.48. The summed E-state index contributed by atoms with van der Waals surface area (Å²) >= 11 is 1.08. The Labute approximate surface area is 82.5 Å². The quantitative estimate of drug-likeness (QED) is 0.594. The average molecular weight is 267 g/mol. The fourth-order valence-electron chi connectivity index (χ4n) is 0.393. The third-order valence-electron chi connectivity index (χ3n) is 0.718. The van der Waals surface area contributed by atoms with Gasteiger partial charge in [-0.3, -0.25) is 9.89 Å². The molecule has 1 heterocycles. The summed E-state index contributed by atoms with van der Waals surface area (Å²) in [6, 6.07) is 0. The van der Waals surface area contributed by atoms with Crippen LogP contribution < -0.4 is 0 Å². The summed E-state index contributed by atoms with van der Waals surface area (Å²) in [5.74, 6) is -0.868. The number of carboxylic acids is 1. The number of hydrogen-bond donors (Lipinski definition) is 2. The Balaban J connectivity index is 0.000001000. The third kappa shape index (κ3) is 4.20. The van der Waals surface area contributed by atoms with Crippen LogP contribution in [0.15, 0.2) is 11.5 Å². The zero-order chi connectivity index (χ0) is 7.40. The predicted octanol–water partition coefficient (Wildman–Crippen LogP) is -0.0211. The van der Waals surface area contributed by atoms with Gasteiger partial charge in [-0.25, -0.2) is 4.98 Å². The van der Waals surface area contributed by atoms with Crippen LogP contribution in [-0.4, -0.2) is 32.0 Å². The van der Waals surface area contributed by atoms with Crippen molar-refractivity contribution in [1.82, 2.24) is 15.2 Å². The van der Waals surface area contributed by atoms with E-state index in [1.165, 1.54) is 6.33 Å². The molecule has 0 aliphatic heterocycles. The Hall–Kier alpha value is -0.300. The second kappa shape index (κ2) is 5.36. The molecule has 0 bridgehead atoms. The molecule has 0 unspecified atom stereocenters. The Morgan fingerprint density at radius 1 is 1.82 bits per heavy atom. The van der Waals surface area contributed by atoms with Crippen molar-refractivity contribution in [2.45, 2.75) is 5.16 Å². The first kappa shape index (κ1) is 10.7. The van der Waals surface area contributed by atoms with Gasteiger partial charge >= 0.3 is 5.97 Å². The molecule has 7 heteroatoms. The summed E-state index contributed by atoms with van der Waals surface area (Å²) in [5, 5.41) is 14.8. The van der Waals surface area contributed by atoms with E-state index in [4.69, 9.17) is 5.11 Å². The number of aliphatic carboxylic acids is 1. The first-order chi connectivity index (χ1) is 4.79. The first-order valence-electron chi connectivity index (χ1n) is 2.49. The zero-order valence-corrected chi connectivity index (χ0v) is 7.54. The summed E-state index contributed by atoms with van der Waals surface area (Å²) in [7, 11) is 0. The number of H-pyrrole nitrogens is 1. The van der Waals surface area contributed by atoms with Gasteiger partial charge in [0, 0.05) is 22.4 Å². The van der Waals surface area contributed by atoms with Gasteiger partial charge in [0.15, 0.2) is 0 Å². The minimum atomic E-state index is -0.866. The van der Waals surface area contributed by atoms with Crippen molar-refractivity contribution in [3.8, 4) is 0 Å². The molecule has 0 saturated heterocycles. The van der Waals surface area contributed by atoms with E-state index in [0.29, 0.717) is 5.16 Å². The molecule has 0 amide bonds. The molecule has 1 rings (SSSR count). The van der Waals surface area contributed by atoms with Gasteiger partial charge < -0.3 is 5.11 Å². The number of aromatic nitrogens is 3. The van der Waals surface area contributed by atoms with Gasteiger partial charge in [-0.2, -0.15) is 0 Å². The second-order valence-corrected chi connectivity index (χ2v) is 2.41. The number of hydrogen-bond acceptors (Lipinski definition) is 4. The van der Waals surface area contributed by atoms with Crippen LogP contribution in [0.1, 0.15) is 0 Å². The molecule has 0 aromatic carbocycles.